The van der Waals surface area contributed by atoms with Crippen LogP contribution in [0, 0.1) is 0 Å². The number of hydrogen-bond acceptors (Lipinski definition) is 7. The number of carbonyl (C=O) groups is 1. The van der Waals surface area contributed by atoms with Gasteiger partial charge in [-0.05, 0) is 49.2 Å². The molecule has 0 fully saturated rings. The molecule has 0 radical (unpaired) electrons. The number of thiazole rings is 1. The first-order chi connectivity index (χ1) is 15.4. The smallest absolute Gasteiger partial charge is 0.338 e. The normalized spacial score (nSPS) is 15.9. The van der Waals surface area contributed by atoms with Crippen molar-refractivity contribution in [2.45, 2.75) is 19.9 Å². The average molecular weight is 449 g/mol. The monoisotopic (exact) mass is 448 g/mol. The Bertz CT molecular complexity index is 1350. The first-order valence-corrected chi connectivity index (χ1v) is 11.1. The van der Waals surface area contributed by atoms with Gasteiger partial charge in [-0.15, -0.1) is 0 Å². The number of anilines is 1. The molecule has 1 aliphatic heterocycles. The molecule has 0 spiro atoms. The number of esters is 1. The maximum atomic E-state index is 13.5. The standard InChI is InChI=1S/C24H24N4O3S/c1-5-31-23(30)20-15(2)26-24-28(21(20)17-8-10-18(11-9-17)27(3)4)22(29)19(32-24)13-16-7-6-12-25-14-16/h6-14,21H,5H2,1-4H3. The van der Waals surface area contributed by atoms with E-state index in [9.17, 15) is 9.59 Å². The minimum absolute atomic E-state index is 0.200. The van der Waals surface area contributed by atoms with Crippen LogP contribution < -0.4 is 19.8 Å². The molecular formula is C24H24N4O3S. The molecule has 2 aromatic heterocycles. The van der Waals surface area contributed by atoms with Crippen LogP contribution in [0.3, 0.4) is 0 Å². The first kappa shape index (κ1) is 21.7. The van der Waals surface area contributed by atoms with E-state index in [0.717, 1.165) is 16.8 Å². The molecule has 4 rings (SSSR count). The fourth-order valence-electron chi connectivity index (χ4n) is 3.67. The summed E-state index contributed by atoms with van der Waals surface area (Å²) in [7, 11) is 3.93. The number of fused-ring (bicyclic) bond motifs is 1. The van der Waals surface area contributed by atoms with Crippen molar-refractivity contribution < 1.29 is 9.53 Å². The summed E-state index contributed by atoms with van der Waals surface area (Å²) in [5, 5.41) is 0. The highest BCUT2D eigenvalue weighted by atomic mass is 32.1. The van der Waals surface area contributed by atoms with Gasteiger partial charge in [-0.3, -0.25) is 14.3 Å². The summed E-state index contributed by atoms with van der Waals surface area (Å²) >= 11 is 1.30. The van der Waals surface area contributed by atoms with E-state index in [0.29, 0.717) is 20.6 Å². The second-order valence-electron chi connectivity index (χ2n) is 7.57. The molecule has 0 aliphatic carbocycles. The van der Waals surface area contributed by atoms with Crippen LogP contribution in [0.15, 0.2) is 69.8 Å². The lowest BCUT2D eigenvalue weighted by Gasteiger charge is -2.25. The van der Waals surface area contributed by atoms with Crippen molar-refractivity contribution in [3.05, 3.63) is 90.9 Å². The Labute approximate surface area is 189 Å². The number of allylic oxidation sites excluding steroid dienone is 1. The van der Waals surface area contributed by atoms with E-state index in [4.69, 9.17) is 4.74 Å². The van der Waals surface area contributed by atoms with Crippen molar-refractivity contribution in [1.29, 1.82) is 0 Å². The number of pyridine rings is 1. The number of aromatic nitrogens is 2. The van der Waals surface area contributed by atoms with Gasteiger partial charge in [-0.2, -0.15) is 0 Å². The van der Waals surface area contributed by atoms with Gasteiger partial charge in [0.15, 0.2) is 4.80 Å². The van der Waals surface area contributed by atoms with Crippen LogP contribution in [0.2, 0.25) is 0 Å². The van der Waals surface area contributed by atoms with E-state index < -0.39 is 12.0 Å². The van der Waals surface area contributed by atoms with Crippen molar-refractivity contribution >= 4 is 29.1 Å². The lowest BCUT2D eigenvalue weighted by Crippen LogP contribution is -2.39. The third-order valence-electron chi connectivity index (χ3n) is 5.22. The van der Waals surface area contributed by atoms with Gasteiger partial charge < -0.3 is 9.64 Å². The highest BCUT2D eigenvalue weighted by Crippen LogP contribution is 2.31. The van der Waals surface area contributed by atoms with Gasteiger partial charge in [0.1, 0.15) is 0 Å². The number of hydrogen-bond donors (Lipinski definition) is 0. The van der Waals surface area contributed by atoms with Gasteiger partial charge in [0.05, 0.1) is 28.5 Å². The minimum atomic E-state index is -0.613. The quantitative estimate of drug-likeness (QED) is 0.560. The first-order valence-electron chi connectivity index (χ1n) is 10.3. The molecule has 0 saturated heterocycles. The molecule has 1 atom stereocenters. The molecular weight excluding hydrogens is 424 g/mol. The Morgan fingerprint density at radius 2 is 2.00 bits per heavy atom. The summed E-state index contributed by atoms with van der Waals surface area (Å²) in [6.07, 6.45) is 5.18. The molecule has 0 saturated carbocycles. The van der Waals surface area contributed by atoms with Crippen molar-refractivity contribution in [1.82, 2.24) is 9.55 Å². The third kappa shape index (κ3) is 4.01. The number of ether oxygens (including phenoxy) is 1. The molecule has 3 aromatic rings. The summed E-state index contributed by atoms with van der Waals surface area (Å²) in [6, 6.07) is 10.9. The number of benzene rings is 1. The molecule has 32 heavy (non-hydrogen) atoms. The topological polar surface area (TPSA) is 76.8 Å². The van der Waals surface area contributed by atoms with Crippen molar-refractivity contribution in [3.8, 4) is 0 Å². The zero-order valence-corrected chi connectivity index (χ0v) is 19.2. The van der Waals surface area contributed by atoms with Gasteiger partial charge in [-0.25, -0.2) is 9.79 Å². The van der Waals surface area contributed by atoms with Crippen molar-refractivity contribution in [2.75, 3.05) is 25.6 Å². The summed E-state index contributed by atoms with van der Waals surface area (Å²) in [4.78, 5) is 37.7. The van der Waals surface area contributed by atoms with E-state index in [1.807, 2.05) is 55.4 Å². The van der Waals surface area contributed by atoms with Crippen LogP contribution in [0.25, 0.3) is 6.08 Å². The van der Waals surface area contributed by atoms with Gasteiger partial charge in [0.2, 0.25) is 0 Å². The maximum Gasteiger partial charge on any atom is 0.338 e. The molecule has 3 heterocycles. The van der Waals surface area contributed by atoms with Crippen LogP contribution in [-0.2, 0) is 9.53 Å². The minimum Gasteiger partial charge on any atom is -0.463 e. The Kier molecular flexibility index (Phi) is 6.05. The molecule has 0 amide bonds. The predicted octanol–water partition coefficient (Wildman–Crippen LogP) is 2.26. The molecule has 1 aliphatic rings. The van der Waals surface area contributed by atoms with Crippen LogP contribution in [0.5, 0.6) is 0 Å². The Morgan fingerprint density at radius 1 is 1.25 bits per heavy atom. The lowest BCUT2D eigenvalue weighted by molar-refractivity contribution is -0.139. The summed E-state index contributed by atoms with van der Waals surface area (Å²) in [5.74, 6) is -0.461. The Morgan fingerprint density at radius 3 is 2.62 bits per heavy atom. The van der Waals surface area contributed by atoms with Crippen LogP contribution >= 0.6 is 11.3 Å². The molecule has 8 heteroatoms. The number of nitrogens with zero attached hydrogens (tertiary/aromatic N) is 4. The largest absolute Gasteiger partial charge is 0.463 e. The van der Waals surface area contributed by atoms with Gasteiger partial charge in [0.25, 0.3) is 5.56 Å². The SMILES string of the molecule is CCOC(=O)C1=C(C)N=c2sc(=Cc3cccnc3)c(=O)n2C1c1ccc(N(C)C)cc1. The van der Waals surface area contributed by atoms with E-state index in [1.54, 1.807) is 36.9 Å². The molecule has 164 valence electrons. The average Bonchev–Trinajstić information content (AvgIpc) is 3.08. The van der Waals surface area contributed by atoms with E-state index >= 15 is 0 Å². The summed E-state index contributed by atoms with van der Waals surface area (Å²) in [6.45, 7) is 3.79. The van der Waals surface area contributed by atoms with E-state index in [2.05, 4.69) is 9.98 Å². The Hall–Kier alpha value is -3.52. The maximum absolute atomic E-state index is 13.5. The molecule has 1 unspecified atom stereocenters. The highest BCUT2D eigenvalue weighted by Gasteiger charge is 2.33. The van der Waals surface area contributed by atoms with Crippen molar-refractivity contribution in [2.24, 2.45) is 4.99 Å². The molecule has 0 N–H and O–H groups in total. The highest BCUT2D eigenvalue weighted by molar-refractivity contribution is 7.07. The van der Waals surface area contributed by atoms with E-state index in [-0.39, 0.29) is 12.2 Å². The van der Waals surface area contributed by atoms with Crippen LogP contribution in [0.4, 0.5) is 5.69 Å². The van der Waals surface area contributed by atoms with Crippen LogP contribution in [0.1, 0.15) is 31.0 Å². The van der Waals surface area contributed by atoms with Gasteiger partial charge in [-0.1, -0.05) is 29.5 Å². The second-order valence-corrected chi connectivity index (χ2v) is 8.58. The number of carbonyl (C=O) groups excluding carboxylic acids is 1. The lowest BCUT2D eigenvalue weighted by atomic mass is 9.95. The molecule has 7 nitrogen and oxygen atoms in total. The molecule has 1 aromatic carbocycles. The van der Waals surface area contributed by atoms with Gasteiger partial charge in [0, 0.05) is 32.2 Å². The summed E-state index contributed by atoms with van der Waals surface area (Å²) in [5.41, 5.74) is 3.40. The molecule has 0 bridgehead atoms. The third-order valence-corrected chi connectivity index (χ3v) is 6.21. The van der Waals surface area contributed by atoms with Crippen LogP contribution in [-0.4, -0.2) is 36.2 Å². The van der Waals surface area contributed by atoms with Gasteiger partial charge >= 0.3 is 5.97 Å². The zero-order valence-electron chi connectivity index (χ0n) is 18.4. The predicted molar refractivity (Wildman–Crippen MR) is 125 cm³/mol. The Balaban J connectivity index is 1.94. The second kappa shape index (κ2) is 8.92. The fourth-order valence-corrected chi connectivity index (χ4v) is 4.72. The van der Waals surface area contributed by atoms with E-state index in [1.165, 1.54) is 11.3 Å². The number of rotatable bonds is 5. The zero-order chi connectivity index (χ0) is 22.8. The fraction of sp³-hybridized carbons (Fsp3) is 0.250. The summed E-state index contributed by atoms with van der Waals surface area (Å²) < 4.78 is 7.46. The van der Waals surface area contributed by atoms with Crippen molar-refractivity contribution in [3.63, 3.8) is 0 Å².